The molecule has 6 nitrogen and oxygen atoms in total. The van der Waals surface area contributed by atoms with Gasteiger partial charge in [-0.1, -0.05) is 31.4 Å². The summed E-state index contributed by atoms with van der Waals surface area (Å²) in [5.41, 5.74) is 1.93. The largest absolute Gasteiger partial charge is 0.497 e. The lowest BCUT2D eigenvalue weighted by Crippen LogP contribution is -2.36. The first-order valence-electron chi connectivity index (χ1n) is 9.83. The number of methoxy groups -OCH3 is 1. The summed E-state index contributed by atoms with van der Waals surface area (Å²) in [5, 5.41) is 5.94. The van der Waals surface area contributed by atoms with E-state index < -0.39 is 0 Å². The van der Waals surface area contributed by atoms with Gasteiger partial charge in [-0.3, -0.25) is 14.6 Å². The van der Waals surface area contributed by atoms with Gasteiger partial charge in [-0.25, -0.2) is 0 Å². The van der Waals surface area contributed by atoms with Crippen LogP contribution in [-0.4, -0.2) is 36.5 Å². The fourth-order valence-corrected chi connectivity index (χ4v) is 3.42. The van der Waals surface area contributed by atoms with Gasteiger partial charge < -0.3 is 15.4 Å². The number of carbonyl (C=O) groups excluding carboxylic acids is 2. The average Bonchev–Trinajstić information content (AvgIpc) is 2.75. The van der Waals surface area contributed by atoms with E-state index in [2.05, 4.69) is 15.6 Å². The van der Waals surface area contributed by atoms with Gasteiger partial charge in [0, 0.05) is 25.0 Å². The highest BCUT2D eigenvalue weighted by molar-refractivity contribution is 5.99. The second kappa shape index (κ2) is 9.88. The number of hydrogen-bond acceptors (Lipinski definition) is 4. The van der Waals surface area contributed by atoms with Crippen LogP contribution in [0.15, 0.2) is 42.7 Å². The average molecular weight is 381 g/mol. The molecule has 0 saturated heterocycles. The molecule has 148 valence electrons. The first kappa shape index (κ1) is 19.9. The van der Waals surface area contributed by atoms with Crippen LogP contribution in [-0.2, 0) is 6.42 Å². The lowest BCUT2D eigenvalue weighted by atomic mass is 9.95. The minimum atomic E-state index is -0.228. The van der Waals surface area contributed by atoms with E-state index in [0.717, 1.165) is 37.0 Å². The predicted octanol–water partition coefficient (Wildman–Crippen LogP) is 3.13. The molecular weight excluding hydrogens is 354 g/mol. The summed E-state index contributed by atoms with van der Waals surface area (Å²) in [6.45, 7) is 0.504. The van der Waals surface area contributed by atoms with Crippen molar-refractivity contribution in [1.82, 2.24) is 15.6 Å². The molecule has 2 amide bonds. The van der Waals surface area contributed by atoms with Gasteiger partial charge in [0.1, 0.15) is 5.75 Å². The Balaban J connectivity index is 1.51. The molecule has 28 heavy (non-hydrogen) atoms. The molecule has 0 spiro atoms. The summed E-state index contributed by atoms with van der Waals surface area (Å²) in [5.74, 6) is 0.419. The van der Waals surface area contributed by atoms with Gasteiger partial charge in [-0.05, 0) is 43.0 Å². The van der Waals surface area contributed by atoms with Crippen LogP contribution in [0.4, 0.5) is 0 Å². The summed E-state index contributed by atoms with van der Waals surface area (Å²) in [6, 6.07) is 9.58. The summed E-state index contributed by atoms with van der Waals surface area (Å²) in [7, 11) is 1.63. The molecule has 2 aromatic rings. The topological polar surface area (TPSA) is 80.3 Å². The van der Waals surface area contributed by atoms with E-state index in [1.54, 1.807) is 13.2 Å². The lowest BCUT2D eigenvalue weighted by molar-refractivity contribution is 0.0927. The van der Waals surface area contributed by atoms with Gasteiger partial charge in [0.25, 0.3) is 11.8 Å². The molecule has 1 fully saturated rings. The molecule has 3 rings (SSSR count). The van der Waals surface area contributed by atoms with Gasteiger partial charge in [0.2, 0.25) is 0 Å². The van der Waals surface area contributed by atoms with Crippen LogP contribution in [0.1, 0.15) is 58.4 Å². The van der Waals surface area contributed by atoms with Gasteiger partial charge in [0.05, 0.1) is 18.2 Å². The highest BCUT2D eigenvalue weighted by Gasteiger charge is 2.17. The van der Waals surface area contributed by atoms with Crippen LogP contribution in [0.5, 0.6) is 5.75 Å². The number of benzene rings is 1. The Morgan fingerprint density at radius 2 is 1.71 bits per heavy atom. The Bertz CT molecular complexity index is 799. The molecule has 1 heterocycles. The fraction of sp³-hybridized carbons (Fsp3) is 0.409. The summed E-state index contributed by atoms with van der Waals surface area (Å²) in [4.78, 5) is 28.9. The fourth-order valence-electron chi connectivity index (χ4n) is 3.42. The first-order chi connectivity index (χ1) is 13.7. The standard InChI is InChI=1S/C22H27N3O3/c1-28-20-9-7-16(8-10-20)11-12-24-21(26)17-13-18(15-23-14-17)22(27)25-19-5-3-2-4-6-19/h7-10,13-15,19H,2-6,11-12H2,1H3,(H,24,26)(H,25,27). The smallest absolute Gasteiger partial charge is 0.253 e. The van der Waals surface area contributed by atoms with E-state index in [9.17, 15) is 9.59 Å². The first-order valence-corrected chi connectivity index (χ1v) is 9.83. The molecule has 1 aromatic carbocycles. The van der Waals surface area contributed by atoms with E-state index in [-0.39, 0.29) is 17.9 Å². The van der Waals surface area contributed by atoms with Crippen LogP contribution in [0.2, 0.25) is 0 Å². The van der Waals surface area contributed by atoms with Crippen molar-refractivity contribution in [2.45, 2.75) is 44.6 Å². The number of nitrogens with one attached hydrogen (secondary N) is 2. The highest BCUT2D eigenvalue weighted by atomic mass is 16.5. The van der Waals surface area contributed by atoms with Crippen LogP contribution < -0.4 is 15.4 Å². The second-order valence-corrected chi connectivity index (χ2v) is 7.12. The van der Waals surface area contributed by atoms with E-state index in [0.29, 0.717) is 24.1 Å². The maximum absolute atomic E-state index is 12.4. The van der Waals surface area contributed by atoms with Crippen LogP contribution >= 0.6 is 0 Å². The van der Waals surface area contributed by atoms with Crippen molar-refractivity contribution in [3.05, 3.63) is 59.4 Å². The number of hydrogen-bond donors (Lipinski definition) is 2. The molecule has 1 saturated carbocycles. The van der Waals surface area contributed by atoms with Crippen molar-refractivity contribution in [1.29, 1.82) is 0 Å². The molecular formula is C22H27N3O3. The summed E-state index contributed by atoms with van der Waals surface area (Å²) < 4.78 is 5.14. The van der Waals surface area contributed by atoms with Gasteiger partial charge >= 0.3 is 0 Å². The Kier molecular flexibility index (Phi) is 7.00. The number of amides is 2. The number of carbonyl (C=O) groups is 2. The maximum Gasteiger partial charge on any atom is 0.253 e. The Hall–Kier alpha value is -2.89. The molecule has 1 aliphatic carbocycles. The molecule has 0 bridgehead atoms. The van der Waals surface area contributed by atoms with Crippen LogP contribution in [0.3, 0.4) is 0 Å². The van der Waals surface area contributed by atoms with E-state index in [1.807, 2.05) is 24.3 Å². The third-order valence-electron chi connectivity index (χ3n) is 5.06. The zero-order chi connectivity index (χ0) is 19.8. The van der Waals surface area contributed by atoms with Gasteiger partial charge in [0.15, 0.2) is 0 Å². The molecule has 0 radical (unpaired) electrons. The zero-order valence-corrected chi connectivity index (χ0v) is 16.2. The predicted molar refractivity (Wildman–Crippen MR) is 108 cm³/mol. The SMILES string of the molecule is COc1ccc(CCNC(=O)c2cncc(C(=O)NC3CCCCC3)c2)cc1. The Morgan fingerprint density at radius 1 is 1.04 bits per heavy atom. The lowest BCUT2D eigenvalue weighted by Gasteiger charge is -2.22. The van der Waals surface area contributed by atoms with Crippen LogP contribution in [0, 0.1) is 0 Å². The second-order valence-electron chi connectivity index (χ2n) is 7.12. The number of pyridine rings is 1. The molecule has 6 heteroatoms. The molecule has 1 aliphatic rings. The minimum absolute atomic E-state index is 0.160. The minimum Gasteiger partial charge on any atom is -0.497 e. The van der Waals surface area contributed by atoms with Crippen molar-refractivity contribution in [2.75, 3.05) is 13.7 Å². The molecule has 0 aliphatic heterocycles. The van der Waals surface area contributed by atoms with Crippen molar-refractivity contribution < 1.29 is 14.3 Å². The van der Waals surface area contributed by atoms with Crippen molar-refractivity contribution >= 4 is 11.8 Å². The number of ether oxygens (including phenoxy) is 1. The van der Waals surface area contributed by atoms with Crippen molar-refractivity contribution in [2.24, 2.45) is 0 Å². The Morgan fingerprint density at radius 3 is 2.39 bits per heavy atom. The van der Waals surface area contributed by atoms with Crippen molar-refractivity contribution in [3.8, 4) is 5.75 Å². The highest BCUT2D eigenvalue weighted by Crippen LogP contribution is 2.18. The third-order valence-corrected chi connectivity index (χ3v) is 5.06. The summed E-state index contributed by atoms with van der Waals surface area (Å²) in [6.07, 6.45) is 9.28. The summed E-state index contributed by atoms with van der Waals surface area (Å²) >= 11 is 0. The molecule has 1 aromatic heterocycles. The normalized spacial score (nSPS) is 14.3. The number of nitrogens with zero attached hydrogens (tertiary/aromatic N) is 1. The van der Waals surface area contributed by atoms with E-state index in [1.165, 1.54) is 18.8 Å². The molecule has 0 atom stereocenters. The quantitative estimate of drug-likeness (QED) is 0.772. The number of rotatable bonds is 7. The zero-order valence-electron chi connectivity index (χ0n) is 16.2. The maximum atomic E-state index is 12.4. The number of aromatic nitrogens is 1. The van der Waals surface area contributed by atoms with Crippen molar-refractivity contribution in [3.63, 3.8) is 0 Å². The van der Waals surface area contributed by atoms with Gasteiger partial charge in [-0.2, -0.15) is 0 Å². The van der Waals surface area contributed by atoms with E-state index >= 15 is 0 Å². The Labute approximate surface area is 165 Å². The monoisotopic (exact) mass is 381 g/mol. The van der Waals surface area contributed by atoms with Crippen LogP contribution in [0.25, 0.3) is 0 Å². The third kappa shape index (κ3) is 5.55. The molecule has 0 unspecified atom stereocenters. The van der Waals surface area contributed by atoms with E-state index in [4.69, 9.17) is 4.74 Å². The molecule has 2 N–H and O–H groups in total. The van der Waals surface area contributed by atoms with Gasteiger partial charge in [-0.15, -0.1) is 0 Å².